The molecule has 1 aromatic rings. The van der Waals surface area contributed by atoms with Crippen LogP contribution in [-0.2, 0) is 0 Å². The number of nitrogens with two attached hydrogens (primary N) is 1. The lowest BCUT2D eigenvalue weighted by molar-refractivity contribution is 0.0659. The average Bonchev–Trinajstić information content (AvgIpc) is 2.35. The smallest absolute Gasteiger partial charge is 0.272 e. The van der Waals surface area contributed by atoms with Gasteiger partial charge in [-0.25, -0.2) is 0 Å². The molecule has 0 aliphatic heterocycles. The van der Waals surface area contributed by atoms with Crippen molar-refractivity contribution < 1.29 is 9.90 Å². The first-order valence-electron chi connectivity index (χ1n) is 5.65. The summed E-state index contributed by atoms with van der Waals surface area (Å²) in [6.45, 7) is 3.98. The maximum Gasteiger partial charge on any atom is 0.272 e. The number of carbonyl (C=O) groups excluding carboxylic acids is 1. The normalized spacial score (nSPS) is 10.4. The van der Waals surface area contributed by atoms with Crippen LogP contribution in [0.25, 0.3) is 0 Å². The Hall–Kier alpha value is -1.53. The second kappa shape index (κ2) is 6.42. The molecule has 0 aliphatic rings. The summed E-state index contributed by atoms with van der Waals surface area (Å²) in [5, 5.41) is 8.95. The van der Waals surface area contributed by atoms with Crippen molar-refractivity contribution in [1.82, 2.24) is 9.88 Å². The maximum atomic E-state index is 12.1. The lowest BCUT2D eigenvalue weighted by atomic mass is 10.2. The Kier molecular flexibility index (Phi) is 5.18. The molecule has 0 saturated carbocycles. The highest BCUT2D eigenvalue weighted by molar-refractivity contribution is 7.80. The molecule has 0 atom stereocenters. The first-order chi connectivity index (χ1) is 8.47. The van der Waals surface area contributed by atoms with Gasteiger partial charge in [0.05, 0.1) is 6.61 Å². The van der Waals surface area contributed by atoms with Crippen LogP contribution in [0.1, 0.15) is 29.9 Å². The van der Waals surface area contributed by atoms with Gasteiger partial charge in [0, 0.05) is 24.3 Å². The number of hydrogen-bond donors (Lipinski definition) is 2. The van der Waals surface area contributed by atoms with Gasteiger partial charge in [0.2, 0.25) is 0 Å². The Morgan fingerprint density at radius 2 is 2.22 bits per heavy atom. The van der Waals surface area contributed by atoms with E-state index in [1.165, 1.54) is 6.20 Å². The molecule has 18 heavy (non-hydrogen) atoms. The van der Waals surface area contributed by atoms with Crippen LogP contribution in [0.3, 0.4) is 0 Å². The summed E-state index contributed by atoms with van der Waals surface area (Å²) in [6, 6.07) is 3.26. The molecule has 0 spiro atoms. The highest BCUT2D eigenvalue weighted by Gasteiger charge is 2.19. The molecule has 1 rings (SSSR count). The van der Waals surface area contributed by atoms with Crippen LogP contribution in [0.2, 0.25) is 0 Å². The van der Waals surface area contributed by atoms with E-state index in [0.717, 1.165) is 0 Å². The Labute approximate surface area is 112 Å². The minimum atomic E-state index is -0.214. The number of aliphatic hydroxyl groups excluding tert-OH is 1. The lowest BCUT2D eigenvalue weighted by Gasteiger charge is -2.25. The first kappa shape index (κ1) is 14.5. The number of pyridine rings is 1. The molecule has 3 N–H and O–H groups in total. The maximum absolute atomic E-state index is 12.1. The van der Waals surface area contributed by atoms with E-state index < -0.39 is 0 Å². The number of thiocarbonyl (C=S) groups is 1. The van der Waals surface area contributed by atoms with Crippen molar-refractivity contribution in [3.8, 4) is 0 Å². The zero-order valence-corrected chi connectivity index (χ0v) is 11.3. The van der Waals surface area contributed by atoms with Gasteiger partial charge in [0.15, 0.2) is 0 Å². The molecule has 0 unspecified atom stereocenters. The predicted octanol–water partition coefficient (Wildman–Crippen LogP) is 0.559. The fraction of sp³-hybridized carbons (Fsp3) is 0.417. The second-order valence-corrected chi connectivity index (χ2v) is 4.55. The molecular formula is C12H17N3O2S. The Balaban J connectivity index is 2.91. The van der Waals surface area contributed by atoms with Gasteiger partial charge < -0.3 is 15.7 Å². The standard InChI is InChI=1S/C12H17N3O2S/c1-8(2)15(5-6-16)12(17)10-4-3-9(7-14-10)11(13)18/h3-4,7-8,16H,5-6H2,1-2H3,(H2,13,18). The minimum absolute atomic E-state index is 0.00158. The van der Waals surface area contributed by atoms with Crippen LogP contribution in [0.4, 0.5) is 0 Å². The molecule has 0 aromatic carbocycles. The summed E-state index contributed by atoms with van der Waals surface area (Å²) >= 11 is 4.82. The zero-order chi connectivity index (χ0) is 13.7. The van der Waals surface area contributed by atoms with Crippen molar-refractivity contribution in [3.05, 3.63) is 29.6 Å². The van der Waals surface area contributed by atoms with Gasteiger partial charge in [-0.1, -0.05) is 12.2 Å². The Morgan fingerprint density at radius 3 is 2.61 bits per heavy atom. The van der Waals surface area contributed by atoms with Crippen LogP contribution in [-0.4, -0.2) is 45.1 Å². The van der Waals surface area contributed by atoms with Gasteiger partial charge in [-0.2, -0.15) is 0 Å². The van der Waals surface area contributed by atoms with E-state index in [-0.39, 0.29) is 30.1 Å². The number of aliphatic hydroxyl groups is 1. The molecule has 0 saturated heterocycles. The number of rotatable bonds is 5. The quantitative estimate of drug-likeness (QED) is 0.762. The number of nitrogens with zero attached hydrogens (tertiary/aromatic N) is 2. The van der Waals surface area contributed by atoms with Crippen molar-refractivity contribution >= 4 is 23.1 Å². The van der Waals surface area contributed by atoms with Crippen LogP contribution in [0.15, 0.2) is 18.3 Å². The minimum Gasteiger partial charge on any atom is -0.395 e. The van der Waals surface area contributed by atoms with E-state index in [9.17, 15) is 4.79 Å². The average molecular weight is 267 g/mol. The summed E-state index contributed by atoms with van der Waals surface area (Å²) in [5.74, 6) is -0.214. The topological polar surface area (TPSA) is 79.5 Å². The molecule has 1 amide bonds. The van der Waals surface area contributed by atoms with Crippen molar-refractivity contribution in [1.29, 1.82) is 0 Å². The third-order valence-corrected chi connectivity index (χ3v) is 2.73. The van der Waals surface area contributed by atoms with E-state index >= 15 is 0 Å². The summed E-state index contributed by atoms with van der Waals surface area (Å²) in [6.07, 6.45) is 1.48. The summed E-state index contributed by atoms with van der Waals surface area (Å²) in [7, 11) is 0. The molecule has 1 heterocycles. The highest BCUT2D eigenvalue weighted by Crippen LogP contribution is 2.07. The number of hydrogen-bond acceptors (Lipinski definition) is 4. The zero-order valence-electron chi connectivity index (χ0n) is 10.5. The van der Waals surface area contributed by atoms with Crippen LogP contribution in [0.5, 0.6) is 0 Å². The number of amides is 1. The summed E-state index contributed by atoms with van der Waals surface area (Å²) in [5.41, 5.74) is 6.40. The van der Waals surface area contributed by atoms with Crippen molar-refractivity contribution in [2.45, 2.75) is 19.9 Å². The van der Waals surface area contributed by atoms with Gasteiger partial charge in [0.1, 0.15) is 10.7 Å². The number of carbonyl (C=O) groups is 1. The highest BCUT2D eigenvalue weighted by atomic mass is 32.1. The molecule has 0 bridgehead atoms. The van der Waals surface area contributed by atoms with Crippen LogP contribution < -0.4 is 5.73 Å². The van der Waals surface area contributed by atoms with Gasteiger partial charge in [-0.15, -0.1) is 0 Å². The van der Waals surface area contributed by atoms with Crippen LogP contribution >= 0.6 is 12.2 Å². The van der Waals surface area contributed by atoms with Crippen molar-refractivity contribution in [3.63, 3.8) is 0 Å². The number of aromatic nitrogens is 1. The second-order valence-electron chi connectivity index (χ2n) is 4.11. The lowest BCUT2D eigenvalue weighted by Crippen LogP contribution is -2.39. The Bertz CT molecular complexity index is 431. The van der Waals surface area contributed by atoms with E-state index in [4.69, 9.17) is 23.1 Å². The van der Waals surface area contributed by atoms with E-state index in [1.807, 2.05) is 13.8 Å². The van der Waals surface area contributed by atoms with E-state index in [1.54, 1.807) is 17.0 Å². The summed E-state index contributed by atoms with van der Waals surface area (Å²) in [4.78, 5) is 18.0. The fourth-order valence-electron chi connectivity index (χ4n) is 1.52. The van der Waals surface area contributed by atoms with Gasteiger partial charge in [0.25, 0.3) is 5.91 Å². The monoisotopic (exact) mass is 267 g/mol. The van der Waals surface area contributed by atoms with E-state index in [2.05, 4.69) is 4.98 Å². The molecule has 0 radical (unpaired) electrons. The van der Waals surface area contributed by atoms with Crippen molar-refractivity contribution in [2.75, 3.05) is 13.2 Å². The Morgan fingerprint density at radius 1 is 1.56 bits per heavy atom. The fourth-order valence-corrected chi connectivity index (χ4v) is 1.64. The van der Waals surface area contributed by atoms with Crippen LogP contribution in [0, 0.1) is 0 Å². The largest absolute Gasteiger partial charge is 0.395 e. The molecule has 0 aliphatic carbocycles. The molecule has 1 aromatic heterocycles. The molecule has 5 nitrogen and oxygen atoms in total. The third kappa shape index (κ3) is 3.48. The SMILES string of the molecule is CC(C)N(CCO)C(=O)c1ccc(C(N)=S)cn1. The third-order valence-electron chi connectivity index (χ3n) is 2.49. The molecule has 6 heteroatoms. The van der Waals surface area contributed by atoms with Gasteiger partial charge in [-0.3, -0.25) is 9.78 Å². The van der Waals surface area contributed by atoms with Gasteiger partial charge in [-0.05, 0) is 26.0 Å². The summed E-state index contributed by atoms with van der Waals surface area (Å²) < 4.78 is 0. The molecular weight excluding hydrogens is 250 g/mol. The van der Waals surface area contributed by atoms with Crippen molar-refractivity contribution in [2.24, 2.45) is 5.73 Å². The molecule has 98 valence electrons. The van der Waals surface area contributed by atoms with Gasteiger partial charge >= 0.3 is 0 Å². The predicted molar refractivity (Wildman–Crippen MR) is 73.4 cm³/mol. The first-order valence-corrected chi connectivity index (χ1v) is 6.06. The van der Waals surface area contributed by atoms with E-state index in [0.29, 0.717) is 11.3 Å². The molecule has 0 fully saturated rings.